The molecule has 1 aromatic carbocycles. The lowest BCUT2D eigenvalue weighted by Gasteiger charge is -2.35. The standard InChI is InChI=1S/C14H19F3N2/c1-10-2-3-11(12(15)8-10)13(9-14(16)17)19-6-4-18-5-7-19/h2-3,8,13-14,18H,4-7,9H2,1H3/t13-/m0/s1. The van der Waals surface area contributed by atoms with Crippen LogP contribution in [0.2, 0.25) is 0 Å². The van der Waals surface area contributed by atoms with Gasteiger partial charge in [0.15, 0.2) is 0 Å². The molecule has 0 aromatic heterocycles. The third-order valence-electron chi connectivity index (χ3n) is 3.51. The molecule has 0 saturated carbocycles. The minimum Gasteiger partial charge on any atom is -0.314 e. The molecule has 106 valence electrons. The lowest BCUT2D eigenvalue weighted by Crippen LogP contribution is -2.45. The van der Waals surface area contributed by atoms with Gasteiger partial charge in [-0.05, 0) is 18.6 Å². The van der Waals surface area contributed by atoms with Gasteiger partial charge >= 0.3 is 0 Å². The summed E-state index contributed by atoms with van der Waals surface area (Å²) < 4.78 is 39.6. The van der Waals surface area contributed by atoms with Gasteiger partial charge in [0.05, 0.1) is 0 Å². The summed E-state index contributed by atoms with van der Waals surface area (Å²) in [7, 11) is 0. The van der Waals surface area contributed by atoms with Gasteiger partial charge in [0.1, 0.15) is 5.82 Å². The highest BCUT2D eigenvalue weighted by atomic mass is 19.3. The molecule has 1 saturated heterocycles. The van der Waals surface area contributed by atoms with E-state index >= 15 is 0 Å². The van der Waals surface area contributed by atoms with Crippen LogP contribution in [0.15, 0.2) is 18.2 Å². The predicted molar refractivity (Wildman–Crippen MR) is 68.9 cm³/mol. The molecule has 0 radical (unpaired) electrons. The molecular formula is C14H19F3N2. The molecule has 1 aromatic rings. The largest absolute Gasteiger partial charge is 0.314 e. The zero-order valence-corrected chi connectivity index (χ0v) is 11.0. The first-order valence-electron chi connectivity index (χ1n) is 6.57. The summed E-state index contributed by atoms with van der Waals surface area (Å²) in [4.78, 5) is 1.94. The van der Waals surface area contributed by atoms with E-state index < -0.39 is 12.5 Å². The average molecular weight is 272 g/mol. The highest BCUT2D eigenvalue weighted by molar-refractivity contribution is 5.26. The first-order valence-corrected chi connectivity index (χ1v) is 6.57. The molecule has 0 amide bonds. The van der Waals surface area contributed by atoms with Crippen LogP contribution in [0.4, 0.5) is 13.2 Å². The number of aryl methyl sites for hydroxylation is 1. The maximum Gasteiger partial charge on any atom is 0.240 e. The molecule has 1 N–H and O–H groups in total. The Hall–Kier alpha value is -1.07. The number of hydrogen-bond acceptors (Lipinski definition) is 2. The van der Waals surface area contributed by atoms with Crippen molar-refractivity contribution in [3.63, 3.8) is 0 Å². The molecule has 0 unspecified atom stereocenters. The summed E-state index contributed by atoms with van der Waals surface area (Å²) in [5, 5.41) is 3.18. The van der Waals surface area contributed by atoms with Crippen LogP contribution in [0, 0.1) is 12.7 Å². The normalized spacial score (nSPS) is 18.8. The molecule has 1 atom stereocenters. The van der Waals surface area contributed by atoms with Crippen LogP contribution in [0.3, 0.4) is 0 Å². The second kappa shape index (κ2) is 6.39. The van der Waals surface area contributed by atoms with E-state index in [4.69, 9.17) is 0 Å². The maximum absolute atomic E-state index is 14.0. The Morgan fingerprint density at radius 1 is 1.26 bits per heavy atom. The summed E-state index contributed by atoms with van der Waals surface area (Å²) >= 11 is 0. The number of benzene rings is 1. The molecule has 0 spiro atoms. The van der Waals surface area contributed by atoms with E-state index in [0.29, 0.717) is 18.7 Å². The van der Waals surface area contributed by atoms with Crippen LogP contribution in [0.25, 0.3) is 0 Å². The third kappa shape index (κ3) is 3.70. The zero-order valence-electron chi connectivity index (χ0n) is 11.0. The van der Waals surface area contributed by atoms with E-state index in [1.807, 2.05) is 4.90 Å². The second-order valence-electron chi connectivity index (χ2n) is 4.95. The van der Waals surface area contributed by atoms with Gasteiger partial charge in [0.2, 0.25) is 6.43 Å². The van der Waals surface area contributed by atoms with Gasteiger partial charge < -0.3 is 5.32 Å². The third-order valence-corrected chi connectivity index (χ3v) is 3.51. The fourth-order valence-electron chi connectivity index (χ4n) is 2.54. The Bertz CT molecular complexity index is 417. The van der Waals surface area contributed by atoms with Gasteiger partial charge in [-0.25, -0.2) is 13.2 Å². The molecule has 1 aliphatic heterocycles. The predicted octanol–water partition coefficient (Wildman–Crippen LogP) is 2.74. The lowest BCUT2D eigenvalue weighted by molar-refractivity contribution is 0.0725. The van der Waals surface area contributed by atoms with Gasteiger partial charge in [-0.15, -0.1) is 0 Å². The summed E-state index contributed by atoms with van der Waals surface area (Å²) in [6, 6.07) is 4.29. The molecular weight excluding hydrogens is 253 g/mol. The molecule has 2 rings (SSSR count). The molecule has 1 aliphatic rings. The van der Waals surface area contributed by atoms with Crippen LogP contribution in [-0.4, -0.2) is 37.5 Å². The Labute approximate surface area is 111 Å². The van der Waals surface area contributed by atoms with E-state index in [0.717, 1.165) is 18.7 Å². The van der Waals surface area contributed by atoms with Gasteiger partial charge in [0.25, 0.3) is 0 Å². The smallest absolute Gasteiger partial charge is 0.240 e. The van der Waals surface area contributed by atoms with Crippen molar-refractivity contribution in [2.75, 3.05) is 26.2 Å². The first-order chi connectivity index (χ1) is 9.08. The molecule has 19 heavy (non-hydrogen) atoms. The van der Waals surface area contributed by atoms with Crippen LogP contribution >= 0.6 is 0 Å². The fraction of sp³-hybridized carbons (Fsp3) is 0.571. The second-order valence-corrected chi connectivity index (χ2v) is 4.95. The summed E-state index contributed by atoms with van der Waals surface area (Å²) in [5.74, 6) is -0.385. The highest BCUT2D eigenvalue weighted by Crippen LogP contribution is 2.29. The van der Waals surface area contributed by atoms with Crippen molar-refractivity contribution in [2.24, 2.45) is 0 Å². The summed E-state index contributed by atoms with van der Waals surface area (Å²) in [6.07, 6.45) is -2.75. The molecule has 5 heteroatoms. The van der Waals surface area contributed by atoms with Crippen molar-refractivity contribution < 1.29 is 13.2 Å². The van der Waals surface area contributed by atoms with Crippen LogP contribution in [0.1, 0.15) is 23.6 Å². The van der Waals surface area contributed by atoms with Gasteiger partial charge in [0, 0.05) is 44.2 Å². The zero-order chi connectivity index (χ0) is 13.8. The summed E-state index contributed by atoms with van der Waals surface area (Å²) in [6.45, 7) is 4.65. The van der Waals surface area contributed by atoms with Gasteiger partial charge in [-0.3, -0.25) is 4.90 Å². The minimum absolute atomic E-state index is 0.319. The number of nitrogens with one attached hydrogen (secondary N) is 1. The van der Waals surface area contributed by atoms with E-state index in [2.05, 4.69) is 5.32 Å². The molecule has 0 aliphatic carbocycles. The molecule has 1 heterocycles. The number of hydrogen-bond donors (Lipinski definition) is 1. The van der Waals surface area contributed by atoms with Crippen LogP contribution in [0.5, 0.6) is 0 Å². The number of piperazine rings is 1. The van der Waals surface area contributed by atoms with Crippen molar-refractivity contribution in [1.29, 1.82) is 0 Å². The van der Waals surface area contributed by atoms with Crippen LogP contribution in [-0.2, 0) is 0 Å². The van der Waals surface area contributed by atoms with Gasteiger partial charge in [-0.1, -0.05) is 12.1 Å². The number of rotatable bonds is 4. The monoisotopic (exact) mass is 272 g/mol. The maximum atomic E-state index is 14.0. The van der Waals surface area contributed by atoms with Crippen molar-refractivity contribution in [3.8, 4) is 0 Å². The van der Waals surface area contributed by atoms with Crippen molar-refractivity contribution in [3.05, 3.63) is 35.1 Å². The SMILES string of the molecule is Cc1ccc([C@H](CC(F)F)N2CCNCC2)c(F)c1. The first kappa shape index (κ1) is 14.3. The number of halogens is 3. The number of alkyl halides is 2. The highest BCUT2D eigenvalue weighted by Gasteiger charge is 2.27. The Morgan fingerprint density at radius 2 is 1.95 bits per heavy atom. The fourth-order valence-corrected chi connectivity index (χ4v) is 2.54. The van der Waals surface area contributed by atoms with Crippen molar-refractivity contribution >= 4 is 0 Å². The van der Waals surface area contributed by atoms with Crippen LogP contribution < -0.4 is 5.32 Å². The minimum atomic E-state index is -2.43. The topological polar surface area (TPSA) is 15.3 Å². The number of nitrogens with zero attached hydrogens (tertiary/aromatic N) is 1. The quantitative estimate of drug-likeness (QED) is 0.906. The van der Waals surface area contributed by atoms with Gasteiger partial charge in [-0.2, -0.15) is 0 Å². The Balaban J connectivity index is 2.25. The van der Waals surface area contributed by atoms with E-state index in [1.54, 1.807) is 19.1 Å². The lowest BCUT2D eigenvalue weighted by atomic mass is 9.99. The van der Waals surface area contributed by atoms with E-state index in [-0.39, 0.29) is 12.2 Å². The Kier molecular flexibility index (Phi) is 4.82. The molecule has 2 nitrogen and oxygen atoms in total. The Morgan fingerprint density at radius 3 is 2.53 bits per heavy atom. The van der Waals surface area contributed by atoms with E-state index in [9.17, 15) is 13.2 Å². The summed E-state index contributed by atoms with van der Waals surface area (Å²) in [5.41, 5.74) is 1.19. The van der Waals surface area contributed by atoms with Crippen molar-refractivity contribution in [2.45, 2.75) is 25.8 Å². The molecule has 1 fully saturated rings. The molecule has 0 bridgehead atoms. The average Bonchev–Trinajstić information content (AvgIpc) is 2.37. The van der Waals surface area contributed by atoms with Crippen molar-refractivity contribution in [1.82, 2.24) is 10.2 Å². The van der Waals surface area contributed by atoms with E-state index in [1.165, 1.54) is 6.07 Å².